The number of likely N-dealkylation sites (N-methyl/N-ethyl adjacent to an activating group) is 1. The summed E-state index contributed by atoms with van der Waals surface area (Å²) in [5.74, 6) is 0. The van der Waals surface area contributed by atoms with Crippen molar-refractivity contribution in [1.82, 2.24) is 24.9 Å². The van der Waals surface area contributed by atoms with Crippen molar-refractivity contribution in [3.8, 4) is 0 Å². The maximum atomic E-state index is 12.3. The zero-order valence-corrected chi connectivity index (χ0v) is 12.9. The number of fused-ring (bicyclic) bond motifs is 1. The number of morpholine rings is 1. The standard InChI is InChI=1S/C14H23N5O2/c1-10-6-11(18(3)16-10)7-15-14(20)19-8-12-13(9-19)21-5-4-17(12)2/h6,12-13H,4-5,7-9H2,1-3H3,(H,15,20)/t12-,13+/m0/s1. The number of aromatic nitrogens is 2. The highest BCUT2D eigenvalue weighted by atomic mass is 16.5. The average Bonchev–Trinajstić information content (AvgIpc) is 3.00. The molecule has 0 unspecified atom stereocenters. The van der Waals surface area contributed by atoms with Gasteiger partial charge in [0.2, 0.25) is 0 Å². The summed E-state index contributed by atoms with van der Waals surface area (Å²) in [6.07, 6.45) is 0.147. The number of carbonyl (C=O) groups is 1. The summed E-state index contributed by atoms with van der Waals surface area (Å²) in [6, 6.07) is 2.28. The van der Waals surface area contributed by atoms with E-state index in [1.807, 2.05) is 24.9 Å². The van der Waals surface area contributed by atoms with Crippen LogP contribution in [0.3, 0.4) is 0 Å². The molecule has 0 radical (unpaired) electrons. The molecular formula is C14H23N5O2. The predicted molar refractivity (Wildman–Crippen MR) is 77.9 cm³/mol. The van der Waals surface area contributed by atoms with Crippen LogP contribution in [0.15, 0.2) is 6.07 Å². The summed E-state index contributed by atoms with van der Waals surface area (Å²) in [5, 5.41) is 7.25. The van der Waals surface area contributed by atoms with Gasteiger partial charge in [-0.2, -0.15) is 5.10 Å². The van der Waals surface area contributed by atoms with Gasteiger partial charge in [-0.25, -0.2) is 4.79 Å². The molecule has 7 heteroatoms. The minimum Gasteiger partial charge on any atom is -0.373 e. The molecule has 1 N–H and O–H groups in total. The molecule has 2 fully saturated rings. The van der Waals surface area contributed by atoms with Crippen LogP contribution in [0.25, 0.3) is 0 Å². The Labute approximate surface area is 124 Å². The van der Waals surface area contributed by atoms with Crippen LogP contribution in [0.4, 0.5) is 4.79 Å². The Kier molecular flexibility index (Phi) is 3.86. The molecule has 2 aliphatic heterocycles. The highest BCUT2D eigenvalue weighted by Crippen LogP contribution is 2.21. The van der Waals surface area contributed by atoms with Crippen LogP contribution in [0.5, 0.6) is 0 Å². The van der Waals surface area contributed by atoms with E-state index in [1.54, 1.807) is 4.68 Å². The first-order chi connectivity index (χ1) is 10.0. The Balaban J connectivity index is 1.55. The van der Waals surface area contributed by atoms with Gasteiger partial charge in [0, 0.05) is 20.1 Å². The normalized spacial score (nSPS) is 26.0. The van der Waals surface area contributed by atoms with Crippen LogP contribution in [0, 0.1) is 6.92 Å². The van der Waals surface area contributed by atoms with Crippen molar-refractivity contribution in [2.24, 2.45) is 7.05 Å². The fraction of sp³-hybridized carbons (Fsp3) is 0.714. The molecule has 21 heavy (non-hydrogen) atoms. The lowest BCUT2D eigenvalue weighted by Crippen LogP contribution is -2.48. The fourth-order valence-electron chi connectivity index (χ4n) is 3.13. The summed E-state index contributed by atoms with van der Waals surface area (Å²) in [4.78, 5) is 16.4. The van der Waals surface area contributed by atoms with Gasteiger partial charge in [-0.1, -0.05) is 0 Å². The number of nitrogens with one attached hydrogen (secondary N) is 1. The lowest BCUT2D eigenvalue weighted by atomic mass is 10.1. The lowest BCUT2D eigenvalue weighted by Gasteiger charge is -2.33. The summed E-state index contributed by atoms with van der Waals surface area (Å²) in [5.41, 5.74) is 1.97. The minimum atomic E-state index is -0.0275. The Hall–Kier alpha value is -1.60. The number of aryl methyl sites for hydroxylation is 2. The number of hydrogen-bond donors (Lipinski definition) is 1. The Bertz CT molecular complexity index is 529. The summed E-state index contributed by atoms with van der Waals surface area (Å²) < 4.78 is 7.56. The molecule has 2 atom stereocenters. The van der Waals surface area contributed by atoms with Crippen LogP contribution in [-0.4, -0.2) is 71.0 Å². The second-order valence-corrected chi connectivity index (χ2v) is 5.92. The van der Waals surface area contributed by atoms with E-state index in [2.05, 4.69) is 22.4 Å². The zero-order chi connectivity index (χ0) is 15.0. The molecule has 0 aliphatic carbocycles. The third kappa shape index (κ3) is 2.89. The first-order valence-electron chi connectivity index (χ1n) is 7.38. The number of likely N-dealkylation sites (tertiary alicyclic amines) is 1. The van der Waals surface area contributed by atoms with E-state index in [4.69, 9.17) is 4.74 Å². The number of urea groups is 1. The number of hydrogen-bond acceptors (Lipinski definition) is 4. The smallest absolute Gasteiger partial charge is 0.317 e. The van der Waals surface area contributed by atoms with Crippen LogP contribution in [-0.2, 0) is 18.3 Å². The van der Waals surface area contributed by atoms with Crippen molar-refractivity contribution in [1.29, 1.82) is 0 Å². The number of ether oxygens (including phenoxy) is 1. The van der Waals surface area contributed by atoms with Gasteiger partial charge in [-0.05, 0) is 20.0 Å². The van der Waals surface area contributed by atoms with Crippen molar-refractivity contribution in [2.75, 3.05) is 33.3 Å². The molecule has 0 spiro atoms. The van der Waals surface area contributed by atoms with E-state index in [0.717, 1.165) is 31.1 Å². The van der Waals surface area contributed by atoms with E-state index in [9.17, 15) is 4.79 Å². The Morgan fingerprint density at radius 3 is 2.95 bits per heavy atom. The number of amides is 2. The minimum absolute atomic E-state index is 0.0275. The topological polar surface area (TPSA) is 62.6 Å². The predicted octanol–water partition coefficient (Wildman–Crippen LogP) is -0.0471. The molecule has 7 nitrogen and oxygen atoms in total. The largest absolute Gasteiger partial charge is 0.373 e. The summed E-state index contributed by atoms with van der Waals surface area (Å²) in [6.45, 7) is 5.54. The second-order valence-electron chi connectivity index (χ2n) is 5.92. The maximum absolute atomic E-state index is 12.3. The number of nitrogens with zero attached hydrogens (tertiary/aromatic N) is 4. The van der Waals surface area contributed by atoms with Crippen molar-refractivity contribution in [2.45, 2.75) is 25.6 Å². The van der Waals surface area contributed by atoms with Crippen LogP contribution < -0.4 is 5.32 Å². The van der Waals surface area contributed by atoms with Crippen molar-refractivity contribution in [3.05, 3.63) is 17.5 Å². The third-order valence-corrected chi connectivity index (χ3v) is 4.39. The third-order valence-electron chi connectivity index (χ3n) is 4.39. The van der Waals surface area contributed by atoms with Crippen molar-refractivity contribution >= 4 is 6.03 Å². The quantitative estimate of drug-likeness (QED) is 0.831. The number of carbonyl (C=O) groups excluding carboxylic acids is 1. The van der Waals surface area contributed by atoms with E-state index in [0.29, 0.717) is 19.1 Å². The van der Waals surface area contributed by atoms with Gasteiger partial charge in [0.05, 0.1) is 43.2 Å². The first-order valence-corrected chi connectivity index (χ1v) is 7.38. The van der Waals surface area contributed by atoms with Gasteiger partial charge in [0.15, 0.2) is 0 Å². The lowest BCUT2D eigenvalue weighted by molar-refractivity contribution is -0.0367. The Morgan fingerprint density at radius 1 is 1.48 bits per heavy atom. The highest BCUT2D eigenvalue weighted by Gasteiger charge is 2.40. The van der Waals surface area contributed by atoms with Crippen LogP contribution in [0.2, 0.25) is 0 Å². The Morgan fingerprint density at radius 2 is 2.29 bits per heavy atom. The summed E-state index contributed by atoms with van der Waals surface area (Å²) in [7, 11) is 3.99. The molecule has 116 valence electrons. The van der Waals surface area contributed by atoms with Crippen LogP contribution >= 0.6 is 0 Å². The summed E-state index contributed by atoms with van der Waals surface area (Å²) >= 11 is 0. The molecule has 1 aromatic heterocycles. The van der Waals surface area contributed by atoms with E-state index in [1.165, 1.54) is 0 Å². The van der Waals surface area contributed by atoms with Gasteiger partial charge >= 0.3 is 6.03 Å². The molecule has 2 aliphatic rings. The molecule has 2 amide bonds. The van der Waals surface area contributed by atoms with E-state index in [-0.39, 0.29) is 12.1 Å². The molecule has 0 saturated carbocycles. The van der Waals surface area contributed by atoms with Gasteiger partial charge < -0.3 is 15.0 Å². The van der Waals surface area contributed by atoms with Gasteiger partial charge in [-0.15, -0.1) is 0 Å². The maximum Gasteiger partial charge on any atom is 0.317 e. The molecule has 3 rings (SSSR count). The van der Waals surface area contributed by atoms with Crippen LogP contribution in [0.1, 0.15) is 11.4 Å². The zero-order valence-electron chi connectivity index (χ0n) is 12.9. The highest BCUT2D eigenvalue weighted by molar-refractivity contribution is 5.74. The van der Waals surface area contributed by atoms with E-state index >= 15 is 0 Å². The van der Waals surface area contributed by atoms with Gasteiger partial charge in [0.25, 0.3) is 0 Å². The van der Waals surface area contributed by atoms with Crippen molar-refractivity contribution < 1.29 is 9.53 Å². The van der Waals surface area contributed by atoms with E-state index < -0.39 is 0 Å². The molecule has 0 aromatic carbocycles. The molecular weight excluding hydrogens is 270 g/mol. The monoisotopic (exact) mass is 293 g/mol. The van der Waals surface area contributed by atoms with Gasteiger partial charge in [-0.3, -0.25) is 9.58 Å². The van der Waals surface area contributed by atoms with Gasteiger partial charge in [0.1, 0.15) is 0 Å². The second kappa shape index (κ2) is 5.65. The number of rotatable bonds is 2. The molecule has 3 heterocycles. The average molecular weight is 293 g/mol. The fourth-order valence-corrected chi connectivity index (χ4v) is 3.13. The molecule has 0 bridgehead atoms. The molecule has 2 saturated heterocycles. The first kappa shape index (κ1) is 14.3. The SMILES string of the molecule is Cc1cc(CNC(=O)N2C[C@H]3OCCN(C)[C@H]3C2)n(C)n1. The van der Waals surface area contributed by atoms with Crippen molar-refractivity contribution in [3.63, 3.8) is 0 Å². The molecule has 1 aromatic rings.